The lowest BCUT2D eigenvalue weighted by Crippen LogP contribution is -2.64. The molecular weight excluding hydrogens is 1140 g/mol. The average molecular weight is 1250 g/mol. The highest BCUT2D eigenvalue weighted by Crippen LogP contribution is 2.22. The first-order valence-corrected chi connectivity index (χ1v) is 28.9. The van der Waals surface area contributed by atoms with Crippen molar-refractivity contribution in [3.05, 3.63) is 0 Å². The third-order valence-corrected chi connectivity index (χ3v) is 14.5. The van der Waals surface area contributed by atoms with Crippen molar-refractivity contribution in [2.24, 2.45) is 79.9 Å². The van der Waals surface area contributed by atoms with Crippen LogP contribution in [0.3, 0.4) is 0 Å². The zero-order valence-corrected chi connectivity index (χ0v) is 52.0. The van der Waals surface area contributed by atoms with Crippen LogP contribution in [-0.4, -0.2) is 211 Å². The number of aliphatic imine (C=N–C) groups is 2. The topological polar surface area (TPSA) is 577 Å². The first kappa shape index (κ1) is 79.5. The van der Waals surface area contributed by atoms with Gasteiger partial charge in [0.2, 0.25) is 53.2 Å². The predicted molar refractivity (Wildman–Crippen MR) is 318 cm³/mol. The van der Waals surface area contributed by atoms with Crippen LogP contribution in [0.15, 0.2) is 9.98 Å². The fourth-order valence-corrected chi connectivity index (χ4v) is 9.15. The molecular formula is C54H100N16O17. The number of carbonyl (C=O) groups is 11. The Morgan fingerprint density at radius 3 is 1.39 bits per heavy atom. The van der Waals surface area contributed by atoms with Gasteiger partial charge in [-0.3, -0.25) is 57.9 Å². The van der Waals surface area contributed by atoms with Gasteiger partial charge in [0.05, 0.1) is 30.3 Å². The van der Waals surface area contributed by atoms with Crippen LogP contribution in [-0.2, 0) is 52.7 Å². The predicted octanol–water partition coefficient (Wildman–Crippen LogP) is -6.35. The van der Waals surface area contributed by atoms with E-state index in [1.54, 1.807) is 20.8 Å². The molecule has 498 valence electrons. The number of nitrogens with zero attached hydrogens (tertiary/aromatic N) is 3. The number of hydrogen-bond donors (Lipinski definition) is 19. The number of carboxylic acids is 1. The number of aliphatic hydroxyl groups excluding tert-OH is 5. The smallest absolute Gasteiger partial charge is 0.326 e. The van der Waals surface area contributed by atoms with E-state index in [-0.39, 0.29) is 87.7 Å². The summed E-state index contributed by atoms with van der Waals surface area (Å²) in [6, 6.07) is -13.2. The van der Waals surface area contributed by atoms with Crippen molar-refractivity contribution in [2.75, 3.05) is 20.1 Å². The number of primary amides is 2. The second kappa shape index (κ2) is 38.6. The summed E-state index contributed by atoms with van der Waals surface area (Å²) >= 11 is 0. The Hall–Kier alpha value is -7.49. The van der Waals surface area contributed by atoms with E-state index in [4.69, 9.17) is 34.4 Å². The lowest BCUT2D eigenvalue weighted by Gasteiger charge is -2.33. The second-order valence-corrected chi connectivity index (χ2v) is 23.1. The molecule has 0 aromatic carbocycles. The van der Waals surface area contributed by atoms with Crippen LogP contribution in [0.5, 0.6) is 0 Å². The van der Waals surface area contributed by atoms with Crippen LogP contribution < -0.4 is 71.6 Å². The molecule has 0 heterocycles. The second-order valence-electron chi connectivity index (χ2n) is 23.1. The fourth-order valence-electron chi connectivity index (χ4n) is 9.15. The zero-order chi connectivity index (χ0) is 67.5. The van der Waals surface area contributed by atoms with Crippen LogP contribution in [0.1, 0.15) is 128 Å². The minimum absolute atomic E-state index is 0.0123. The standard InChI is InChI=1S/C54H100N16O17/c1-23(2)21-25(5)40(74)28(8)44(78)63-29(9)45(79)64-32(15-13-19-61-53(57)58)41(75)42(76)50(84)67-37(26(6)27(7)43(56)77)47(81)68-39(31(11)72)49(83)69-38(30(10)71)48(82)65-33(16-14-20-62-54(59)60)46(80)66-34(22-24(3)4)51(85)70(12)35(52(86)87)17-18-36(55)73/h23-35,37-42,71-72,74-76H,13-22H2,1-12H3,(H2,55,73)(H2,56,77)(H,63,78)(H,64,79)(H,65,82)(H,66,80)(H,67,84)(H,68,81)(H,69,83)(H,86,87)(H4,57,58,61)(H4,59,60,62)/t25-,26+,27-,28-,29-,30-,31-,32+,33-,34+,35+,37+,38-,39-,40-,41-,42-/m1/s1. The molecule has 0 saturated carbocycles. The molecule has 0 fully saturated rings. The molecule has 0 aromatic rings. The van der Waals surface area contributed by atoms with Crippen LogP contribution >= 0.6 is 0 Å². The maximum atomic E-state index is 14.3. The highest BCUT2D eigenvalue weighted by Gasteiger charge is 2.42. The summed E-state index contributed by atoms with van der Waals surface area (Å²) in [4.78, 5) is 156. The van der Waals surface area contributed by atoms with Crippen molar-refractivity contribution < 1.29 is 83.4 Å². The van der Waals surface area contributed by atoms with Gasteiger partial charge < -0.3 is 107 Å². The molecule has 87 heavy (non-hydrogen) atoms. The summed E-state index contributed by atoms with van der Waals surface area (Å²) in [5.74, 6) is -16.4. The van der Waals surface area contributed by atoms with Gasteiger partial charge in [0.15, 0.2) is 18.0 Å². The zero-order valence-electron chi connectivity index (χ0n) is 52.0. The molecule has 33 heteroatoms. The van der Waals surface area contributed by atoms with E-state index < -0.39 is 162 Å². The molecule has 0 saturated heterocycles. The molecule has 0 aromatic heterocycles. The molecule has 0 aliphatic rings. The van der Waals surface area contributed by atoms with Gasteiger partial charge in [-0.1, -0.05) is 55.4 Å². The van der Waals surface area contributed by atoms with Gasteiger partial charge >= 0.3 is 5.97 Å². The number of likely N-dealkylation sites (N-methyl/N-ethyl adjacent to an activating group) is 1. The maximum Gasteiger partial charge on any atom is 0.326 e. The number of nitrogens with two attached hydrogens (primary N) is 6. The van der Waals surface area contributed by atoms with E-state index in [0.29, 0.717) is 6.42 Å². The SMILES string of the molecule is CC(C)C[C@H](NC(=O)[C@@H](CCCN=C(N)N)NC(=O)[C@H](NC(=O)[C@H](NC(=O)[C@@H](NC(=O)[C@H](O)[C@H](O)[C@H](CCCN=C(N)N)NC(=O)[C@@H](C)NC(=O)[C@H](C)[C@H](O)[C@H](C)CC(C)C)[C@@H](C)[C@@H](C)C(N)=O)[C@@H](C)O)[C@@H](C)O)C(=O)N(C)[C@@H](CCC(N)=O)C(=O)O. The Kier molecular flexibility index (Phi) is 35.3. The number of amides is 10. The number of aliphatic hydroxyl groups is 5. The molecule has 0 radical (unpaired) electrons. The van der Waals surface area contributed by atoms with Gasteiger partial charge in [0, 0.05) is 32.5 Å². The van der Waals surface area contributed by atoms with E-state index in [0.717, 1.165) is 25.8 Å². The Bertz CT molecular complexity index is 2370. The lowest BCUT2D eigenvalue weighted by atomic mass is 9.87. The van der Waals surface area contributed by atoms with Crippen molar-refractivity contribution in [1.29, 1.82) is 0 Å². The van der Waals surface area contributed by atoms with E-state index >= 15 is 0 Å². The minimum Gasteiger partial charge on any atom is -0.480 e. The number of carboxylic acid groups (broad SMARTS) is 1. The number of hydrogen-bond acceptors (Lipinski definition) is 18. The molecule has 0 unspecified atom stereocenters. The van der Waals surface area contributed by atoms with Crippen LogP contribution in [0, 0.1) is 35.5 Å². The van der Waals surface area contributed by atoms with Crippen molar-refractivity contribution >= 4 is 77.0 Å². The summed E-state index contributed by atoms with van der Waals surface area (Å²) in [6.07, 6.45) is -9.88. The Morgan fingerprint density at radius 1 is 0.483 bits per heavy atom. The van der Waals surface area contributed by atoms with Gasteiger partial charge in [-0.05, 0) is 89.4 Å². The van der Waals surface area contributed by atoms with E-state index in [2.05, 4.69) is 47.2 Å². The molecule has 0 aliphatic carbocycles. The van der Waals surface area contributed by atoms with Gasteiger partial charge in [0.25, 0.3) is 5.91 Å². The van der Waals surface area contributed by atoms with Crippen molar-refractivity contribution in [3.63, 3.8) is 0 Å². The van der Waals surface area contributed by atoms with Gasteiger partial charge in [-0.2, -0.15) is 0 Å². The Morgan fingerprint density at radius 2 is 0.943 bits per heavy atom. The quantitative estimate of drug-likeness (QED) is 0.0154. The molecule has 25 N–H and O–H groups in total. The summed E-state index contributed by atoms with van der Waals surface area (Å²) < 4.78 is 0. The number of carbonyl (C=O) groups excluding carboxylic acids is 10. The fraction of sp³-hybridized carbons (Fsp3) is 0.759. The Balaban J connectivity index is 7.00. The molecule has 0 aliphatic heterocycles. The lowest BCUT2D eigenvalue weighted by molar-refractivity contribution is -0.151. The molecule has 0 spiro atoms. The summed E-state index contributed by atoms with van der Waals surface area (Å²) in [7, 11) is 1.16. The number of rotatable bonds is 41. The molecule has 33 nitrogen and oxygen atoms in total. The van der Waals surface area contributed by atoms with Gasteiger partial charge in [0.1, 0.15) is 48.4 Å². The molecule has 17 atom stereocenters. The molecule has 0 bridgehead atoms. The Labute approximate surface area is 507 Å². The van der Waals surface area contributed by atoms with Crippen LogP contribution in [0.25, 0.3) is 0 Å². The number of guanidine groups is 2. The van der Waals surface area contributed by atoms with Gasteiger partial charge in [-0.15, -0.1) is 0 Å². The van der Waals surface area contributed by atoms with E-state index in [1.807, 2.05) is 13.8 Å². The van der Waals surface area contributed by atoms with Crippen molar-refractivity contribution in [1.82, 2.24) is 42.1 Å². The highest BCUT2D eigenvalue weighted by atomic mass is 16.4. The monoisotopic (exact) mass is 1240 g/mol. The molecule has 0 rings (SSSR count). The third-order valence-electron chi connectivity index (χ3n) is 14.5. The van der Waals surface area contributed by atoms with Crippen LogP contribution in [0.2, 0.25) is 0 Å². The first-order chi connectivity index (χ1) is 40.2. The molecule has 10 amide bonds. The normalized spacial score (nSPS) is 17.3. The summed E-state index contributed by atoms with van der Waals surface area (Å²) in [6.45, 7) is 16.5. The van der Waals surface area contributed by atoms with E-state index in [9.17, 15) is 83.4 Å². The first-order valence-electron chi connectivity index (χ1n) is 28.9. The van der Waals surface area contributed by atoms with Crippen molar-refractivity contribution in [3.8, 4) is 0 Å². The van der Waals surface area contributed by atoms with Gasteiger partial charge in [-0.25, -0.2) is 4.79 Å². The summed E-state index contributed by atoms with van der Waals surface area (Å²) in [5.41, 5.74) is 32.6. The largest absolute Gasteiger partial charge is 0.480 e. The summed E-state index contributed by atoms with van der Waals surface area (Å²) in [5, 5.41) is 82.1. The van der Waals surface area contributed by atoms with Crippen molar-refractivity contribution in [2.45, 2.75) is 206 Å². The minimum atomic E-state index is -2.47. The van der Waals surface area contributed by atoms with E-state index in [1.165, 1.54) is 27.7 Å². The number of nitrogens with one attached hydrogen (secondary N) is 7. The third kappa shape index (κ3) is 28.3. The number of aliphatic carboxylic acids is 1. The average Bonchev–Trinajstić information content (AvgIpc) is 3.58. The maximum absolute atomic E-state index is 14.3. The highest BCUT2D eigenvalue weighted by molar-refractivity contribution is 5.98. The van der Waals surface area contributed by atoms with Crippen LogP contribution in [0.4, 0.5) is 0 Å².